The van der Waals surface area contributed by atoms with Crippen LogP contribution in [-0.2, 0) is 38.0 Å². The molecular formula is C22H38N4O8. The molecule has 4 unspecified atom stereocenters. The Morgan fingerprint density at radius 3 is 1.18 bits per heavy atom. The van der Waals surface area contributed by atoms with Crippen molar-refractivity contribution >= 4 is 11.9 Å². The van der Waals surface area contributed by atoms with Gasteiger partial charge in [-0.25, -0.2) is 0 Å². The second-order valence-electron chi connectivity index (χ2n) is 9.34. The first kappa shape index (κ1) is 25.7. The monoisotopic (exact) mass is 486 g/mol. The highest BCUT2D eigenvalue weighted by atomic mass is 16.6. The Morgan fingerprint density at radius 2 is 0.941 bits per heavy atom. The fourth-order valence-corrected chi connectivity index (χ4v) is 4.80. The van der Waals surface area contributed by atoms with Crippen LogP contribution in [-0.4, -0.2) is 101 Å². The van der Waals surface area contributed by atoms with Gasteiger partial charge in [0.25, 0.3) is 0 Å². The summed E-state index contributed by atoms with van der Waals surface area (Å²) in [5.74, 6) is -0.718. The molecule has 0 radical (unpaired) electrons. The van der Waals surface area contributed by atoms with Gasteiger partial charge in [0.15, 0.2) is 36.1 Å². The van der Waals surface area contributed by atoms with Crippen LogP contribution in [0.1, 0.15) is 39.5 Å². The SMILES string of the molecule is CC(OC(=O)CCCCC(=O)OC(C)(C1NCCO1)C1NCCO1)(C1NCCO1)C1NCCO1. The van der Waals surface area contributed by atoms with Gasteiger partial charge >= 0.3 is 11.9 Å². The van der Waals surface area contributed by atoms with E-state index < -0.39 is 36.1 Å². The van der Waals surface area contributed by atoms with Gasteiger partial charge in [-0.05, 0) is 26.7 Å². The van der Waals surface area contributed by atoms with Crippen LogP contribution in [0.25, 0.3) is 0 Å². The largest absolute Gasteiger partial charge is 0.451 e. The van der Waals surface area contributed by atoms with Gasteiger partial charge in [0.05, 0.1) is 26.4 Å². The van der Waals surface area contributed by atoms with Crippen LogP contribution in [0.3, 0.4) is 0 Å². The number of hydrogen-bond acceptors (Lipinski definition) is 12. The summed E-state index contributed by atoms with van der Waals surface area (Å²) < 4.78 is 34.6. The smallest absolute Gasteiger partial charge is 0.306 e. The van der Waals surface area contributed by atoms with Crippen molar-refractivity contribution in [2.45, 2.75) is 75.6 Å². The minimum absolute atomic E-state index is 0.181. The molecule has 0 aromatic carbocycles. The van der Waals surface area contributed by atoms with Crippen molar-refractivity contribution in [3.63, 3.8) is 0 Å². The van der Waals surface area contributed by atoms with Gasteiger partial charge in [-0.3, -0.25) is 30.9 Å². The molecule has 0 bridgehead atoms. The number of esters is 2. The molecule has 0 amide bonds. The predicted molar refractivity (Wildman–Crippen MR) is 118 cm³/mol. The third kappa shape index (κ3) is 5.88. The molecule has 4 N–H and O–H groups in total. The van der Waals surface area contributed by atoms with Crippen molar-refractivity contribution in [3.05, 3.63) is 0 Å². The topological polar surface area (TPSA) is 138 Å². The Kier molecular flexibility index (Phi) is 8.75. The molecule has 4 saturated heterocycles. The Morgan fingerprint density at radius 1 is 0.647 bits per heavy atom. The molecule has 4 aliphatic rings. The Bertz CT molecular complexity index is 596. The van der Waals surface area contributed by atoms with Gasteiger partial charge in [0.1, 0.15) is 0 Å². The zero-order valence-electron chi connectivity index (χ0n) is 20.1. The van der Waals surface area contributed by atoms with Gasteiger partial charge in [-0.2, -0.15) is 0 Å². The maximum absolute atomic E-state index is 12.6. The van der Waals surface area contributed by atoms with Crippen molar-refractivity contribution < 1.29 is 38.0 Å². The van der Waals surface area contributed by atoms with Crippen LogP contribution in [0.5, 0.6) is 0 Å². The van der Waals surface area contributed by atoms with E-state index >= 15 is 0 Å². The first-order valence-electron chi connectivity index (χ1n) is 12.3. The van der Waals surface area contributed by atoms with E-state index in [1.807, 2.05) is 13.8 Å². The van der Waals surface area contributed by atoms with Crippen molar-refractivity contribution in [1.82, 2.24) is 21.3 Å². The minimum Gasteiger partial charge on any atom is -0.451 e. The van der Waals surface area contributed by atoms with Crippen molar-refractivity contribution in [1.29, 1.82) is 0 Å². The van der Waals surface area contributed by atoms with E-state index in [0.29, 0.717) is 65.4 Å². The fraction of sp³-hybridized carbons (Fsp3) is 0.909. The summed E-state index contributed by atoms with van der Waals surface area (Å²) in [5.41, 5.74) is -1.99. The van der Waals surface area contributed by atoms with E-state index in [1.165, 1.54) is 0 Å². The molecule has 34 heavy (non-hydrogen) atoms. The first-order valence-corrected chi connectivity index (χ1v) is 12.3. The Labute approximate surface area is 200 Å². The normalized spacial score (nSPS) is 32.9. The predicted octanol–water partition coefficient (Wildman–Crippen LogP) is -1.07. The molecule has 0 saturated carbocycles. The fourth-order valence-electron chi connectivity index (χ4n) is 4.80. The van der Waals surface area contributed by atoms with Crippen LogP contribution in [0.2, 0.25) is 0 Å². The molecule has 0 spiro atoms. The molecular weight excluding hydrogens is 448 g/mol. The van der Waals surface area contributed by atoms with Crippen LogP contribution in [0.4, 0.5) is 0 Å². The van der Waals surface area contributed by atoms with Gasteiger partial charge in [0, 0.05) is 39.0 Å². The molecule has 0 aromatic rings. The second kappa shape index (κ2) is 11.6. The average molecular weight is 487 g/mol. The highest BCUT2D eigenvalue weighted by molar-refractivity contribution is 5.71. The number of carbonyl (C=O) groups is 2. The van der Waals surface area contributed by atoms with E-state index in [4.69, 9.17) is 28.4 Å². The van der Waals surface area contributed by atoms with E-state index in [2.05, 4.69) is 21.3 Å². The van der Waals surface area contributed by atoms with Crippen molar-refractivity contribution in [2.75, 3.05) is 52.6 Å². The molecule has 12 nitrogen and oxygen atoms in total. The van der Waals surface area contributed by atoms with Crippen LogP contribution in [0.15, 0.2) is 0 Å². The summed E-state index contributed by atoms with van der Waals surface area (Å²) in [7, 11) is 0. The molecule has 4 atom stereocenters. The summed E-state index contributed by atoms with van der Waals surface area (Å²) in [6, 6.07) is 0. The average Bonchev–Trinajstić information content (AvgIpc) is 3.64. The zero-order chi connectivity index (χ0) is 24.0. The quantitative estimate of drug-likeness (QED) is 0.209. The summed E-state index contributed by atoms with van der Waals surface area (Å²) in [6.07, 6.45) is -0.435. The maximum Gasteiger partial charge on any atom is 0.306 e. The molecule has 0 aromatic heterocycles. The molecule has 4 rings (SSSR count). The van der Waals surface area contributed by atoms with Crippen molar-refractivity contribution in [3.8, 4) is 0 Å². The molecule has 194 valence electrons. The van der Waals surface area contributed by atoms with Crippen LogP contribution >= 0.6 is 0 Å². The number of hydrogen-bond donors (Lipinski definition) is 4. The number of rotatable bonds is 11. The lowest BCUT2D eigenvalue weighted by molar-refractivity contribution is -0.201. The lowest BCUT2D eigenvalue weighted by atomic mass is 10.0. The van der Waals surface area contributed by atoms with E-state index in [-0.39, 0.29) is 24.8 Å². The third-order valence-electron chi connectivity index (χ3n) is 6.63. The number of unbranched alkanes of at least 4 members (excludes halogenated alkanes) is 1. The minimum atomic E-state index is -0.993. The van der Waals surface area contributed by atoms with Gasteiger partial charge in [0.2, 0.25) is 0 Å². The van der Waals surface area contributed by atoms with Crippen molar-refractivity contribution in [2.24, 2.45) is 0 Å². The van der Waals surface area contributed by atoms with Gasteiger partial charge in [-0.1, -0.05) is 0 Å². The third-order valence-corrected chi connectivity index (χ3v) is 6.63. The molecule has 4 fully saturated rings. The maximum atomic E-state index is 12.6. The van der Waals surface area contributed by atoms with Gasteiger partial charge in [-0.15, -0.1) is 0 Å². The highest BCUT2D eigenvalue weighted by Gasteiger charge is 2.50. The molecule has 12 heteroatoms. The van der Waals surface area contributed by atoms with E-state index in [9.17, 15) is 9.59 Å². The van der Waals surface area contributed by atoms with E-state index in [1.54, 1.807) is 0 Å². The summed E-state index contributed by atoms with van der Waals surface area (Å²) in [6.45, 7) is 8.58. The molecule has 4 heterocycles. The molecule has 0 aliphatic carbocycles. The first-order chi connectivity index (χ1) is 16.4. The summed E-state index contributed by atoms with van der Waals surface area (Å²) in [4.78, 5) is 25.3. The standard InChI is InChI=1S/C22H38N4O8/c1-21(17-23-7-11-29-17,18-24-8-12-30-18)33-15(27)5-3-4-6-16(28)34-22(2,19-25-9-13-31-19)20-26-10-14-32-20/h17-20,23-26H,3-14H2,1-2H3. The van der Waals surface area contributed by atoms with Gasteiger partial charge < -0.3 is 28.4 Å². The molecule has 4 aliphatic heterocycles. The number of carbonyl (C=O) groups excluding carboxylic acids is 2. The summed E-state index contributed by atoms with van der Waals surface area (Å²) >= 11 is 0. The number of ether oxygens (including phenoxy) is 6. The summed E-state index contributed by atoms with van der Waals surface area (Å²) in [5, 5.41) is 12.9. The second-order valence-corrected chi connectivity index (χ2v) is 9.34. The van der Waals surface area contributed by atoms with Crippen LogP contribution in [0, 0.1) is 0 Å². The Hall–Kier alpha value is -1.38. The lowest BCUT2D eigenvalue weighted by Crippen LogP contribution is -2.60. The zero-order valence-corrected chi connectivity index (χ0v) is 20.1. The Balaban J connectivity index is 1.23. The van der Waals surface area contributed by atoms with E-state index in [0.717, 1.165) is 0 Å². The lowest BCUT2D eigenvalue weighted by Gasteiger charge is -2.38. The van der Waals surface area contributed by atoms with Crippen LogP contribution < -0.4 is 21.3 Å². The highest BCUT2D eigenvalue weighted by Crippen LogP contribution is 2.29. The number of nitrogens with one attached hydrogen (secondary N) is 4.